The van der Waals surface area contributed by atoms with Crippen LogP contribution in [0.1, 0.15) is 46.5 Å². The molecule has 2 unspecified atom stereocenters. The van der Waals surface area contributed by atoms with E-state index in [0.717, 1.165) is 18.5 Å². The highest BCUT2D eigenvalue weighted by molar-refractivity contribution is 4.89. The summed E-state index contributed by atoms with van der Waals surface area (Å²) in [5, 5.41) is 3.72. The predicted molar refractivity (Wildman–Crippen MR) is 89.3 cm³/mol. The minimum absolute atomic E-state index is 0.529. The lowest BCUT2D eigenvalue weighted by Gasteiger charge is -2.42. The van der Waals surface area contributed by atoms with Crippen LogP contribution in [0, 0.1) is 11.3 Å². The standard InChI is InChI=1S/C17H37N3/c1-7-18-16-9-10-17(2,3)13-15(16)14-20(6)12-8-11-19(4)5/h15-16,18H,7-14H2,1-6H3. The molecular weight excluding hydrogens is 246 g/mol. The van der Waals surface area contributed by atoms with E-state index < -0.39 is 0 Å². The van der Waals surface area contributed by atoms with Gasteiger partial charge in [-0.2, -0.15) is 0 Å². The number of nitrogens with zero attached hydrogens (tertiary/aromatic N) is 2. The fraction of sp³-hybridized carbons (Fsp3) is 1.00. The topological polar surface area (TPSA) is 18.5 Å². The van der Waals surface area contributed by atoms with Gasteiger partial charge in [0.25, 0.3) is 0 Å². The lowest BCUT2D eigenvalue weighted by molar-refractivity contribution is 0.108. The zero-order chi connectivity index (χ0) is 15.2. The largest absolute Gasteiger partial charge is 0.314 e. The molecule has 0 amide bonds. The van der Waals surface area contributed by atoms with Gasteiger partial charge in [0.2, 0.25) is 0 Å². The first-order chi connectivity index (χ1) is 9.34. The van der Waals surface area contributed by atoms with Gasteiger partial charge in [0.1, 0.15) is 0 Å². The quantitative estimate of drug-likeness (QED) is 0.739. The maximum Gasteiger partial charge on any atom is 0.0108 e. The molecule has 0 aromatic rings. The molecule has 1 aliphatic rings. The Morgan fingerprint density at radius 3 is 2.45 bits per heavy atom. The summed E-state index contributed by atoms with van der Waals surface area (Å²) < 4.78 is 0. The van der Waals surface area contributed by atoms with Gasteiger partial charge in [0.15, 0.2) is 0 Å². The minimum Gasteiger partial charge on any atom is -0.314 e. The van der Waals surface area contributed by atoms with Crippen molar-refractivity contribution in [3.8, 4) is 0 Å². The molecule has 0 aromatic carbocycles. The van der Waals surface area contributed by atoms with Crippen molar-refractivity contribution in [1.29, 1.82) is 0 Å². The van der Waals surface area contributed by atoms with Crippen LogP contribution in [0.4, 0.5) is 0 Å². The first-order valence-electron chi connectivity index (χ1n) is 8.40. The molecular formula is C17H37N3. The van der Waals surface area contributed by atoms with Gasteiger partial charge in [-0.05, 0) is 77.8 Å². The summed E-state index contributed by atoms with van der Waals surface area (Å²) in [6.07, 6.45) is 5.34. The van der Waals surface area contributed by atoms with Crippen LogP contribution in [-0.2, 0) is 0 Å². The van der Waals surface area contributed by atoms with Crippen molar-refractivity contribution in [3.63, 3.8) is 0 Å². The van der Waals surface area contributed by atoms with Crippen LogP contribution >= 0.6 is 0 Å². The Labute approximate surface area is 127 Å². The molecule has 1 saturated carbocycles. The van der Waals surface area contributed by atoms with Gasteiger partial charge in [0.05, 0.1) is 0 Å². The zero-order valence-electron chi connectivity index (χ0n) is 14.7. The van der Waals surface area contributed by atoms with Gasteiger partial charge in [-0.1, -0.05) is 20.8 Å². The van der Waals surface area contributed by atoms with E-state index in [-0.39, 0.29) is 0 Å². The van der Waals surface area contributed by atoms with Crippen molar-refractivity contribution >= 4 is 0 Å². The van der Waals surface area contributed by atoms with E-state index in [1.165, 1.54) is 45.3 Å². The monoisotopic (exact) mass is 283 g/mol. The van der Waals surface area contributed by atoms with Gasteiger partial charge < -0.3 is 15.1 Å². The van der Waals surface area contributed by atoms with E-state index >= 15 is 0 Å². The van der Waals surface area contributed by atoms with Crippen LogP contribution in [0.5, 0.6) is 0 Å². The molecule has 0 spiro atoms. The molecule has 0 aromatic heterocycles. The lowest BCUT2D eigenvalue weighted by atomic mass is 9.69. The van der Waals surface area contributed by atoms with E-state index in [1.807, 2.05) is 0 Å². The Kier molecular flexibility index (Phi) is 7.49. The number of hydrogen-bond acceptors (Lipinski definition) is 3. The molecule has 1 N–H and O–H groups in total. The van der Waals surface area contributed by atoms with E-state index in [4.69, 9.17) is 0 Å². The molecule has 120 valence electrons. The molecule has 1 fully saturated rings. The molecule has 2 atom stereocenters. The molecule has 3 nitrogen and oxygen atoms in total. The summed E-state index contributed by atoms with van der Waals surface area (Å²) in [4.78, 5) is 4.82. The van der Waals surface area contributed by atoms with E-state index in [9.17, 15) is 0 Å². The Bertz CT molecular complexity index is 263. The van der Waals surface area contributed by atoms with Crippen molar-refractivity contribution in [2.24, 2.45) is 11.3 Å². The lowest BCUT2D eigenvalue weighted by Crippen LogP contribution is -2.47. The highest BCUT2D eigenvalue weighted by atomic mass is 15.1. The van der Waals surface area contributed by atoms with Crippen LogP contribution in [-0.4, -0.2) is 63.2 Å². The predicted octanol–water partition coefficient (Wildman–Crippen LogP) is 2.67. The second-order valence-electron chi connectivity index (χ2n) is 7.75. The maximum absolute atomic E-state index is 3.72. The molecule has 3 heteroatoms. The first kappa shape index (κ1) is 17.9. The summed E-state index contributed by atoms with van der Waals surface area (Å²) in [5.41, 5.74) is 0.529. The van der Waals surface area contributed by atoms with Crippen LogP contribution < -0.4 is 5.32 Å². The average Bonchev–Trinajstić information content (AvgIpc) is 2.31. The second kappa shape index (κ2) is 8.35. The maximum atomic E-state index is 3.72. The van der Waals surface area contributed by atoms with Crippen molar-refractivity contribution in [1.82, 2.24) is 15.1 Å². The number of rotatable bonds is 8. The third kappa shape index (κ3) is 6.55. The number of hydrogen-bond donors (Lipinski definition) is 1. The van der Waals surface area contributed by atoms with Gasteiger partial charge in [-0.25, -0.2) is 0 Å². The highest BCUT2D eigenvalue weighted by Crippen LogP contribution is 2.38. The van der Waals surface area contributed by atoms with Gasteiger partial charge in [-0.15, -0.1) is 0 Å². The van der Waals surface area contributed by atoms with Crippen molar-refractivity contribution < 1.29 is 0 Å². The smallest absolute Gasteiger partial charge is 0.0108 e. The Hall–Kier alpha value is -0.120. The highest BCUT2D eigenvalue weighted by Gasteiger charge is 2.34. The summed E-state index contributed by atoms with van der Waals surface area (Å²) in [6.45, 7) is 11.9. The molecule has 0 heterocycles. The number of nitrogens with one attached hydrogen (secondary N) is 1. The Morgan fingerprint density at radius 1 is 1.15 bits per heavy atom. The van der Waals surface area contributed by atoms with Gasteiger partial charge in [-0.3, -0.25) is 0 Å². The third-order valence-corrected chi connectivity index (χ3v) is 4.67. The fourth-order valence-corrected chi connectivity index (χ4v) is 3.61. The molecule has 1 rings (SSSR count). The fourth-order valence-electron chi connectivity index (χ4n) is 3.61. The van der Waals surface area contributed by atoms with Gasteiger partial charge in [0, 0.05) is 12.6 Å². The Morgan fingerprint density at radius 2 is 1.85 bits per heavy atom. The molecule has 0 radical (unpaired) electrons. The zero-order valence-corrected chi connectivity index (χ0v) is 14.7. The van der Waals surface area contributed by atoms with Crippen LogP contribution in [0.2, 0.25) is 0 Å². The summed E-state index contributed by atoms with van der Waals surface area (Å²) >= 11 is 0. The van der Waals surface area contributed by atoms with Crippen LogP contribution in [0.3, 0.4) is 0 Å². The van der Waals surface area contributed by atoms with Crippen LogP contribution in [0.15, 0.2) is 0 Å². The summed E-state index contributed by atoms with van der Waals surface area (Å²) in [7, 11) is 6.61. The average molecular weight is 284 g/mol. The van der Waals surface area contributed by atoms with Crippen LogP contribution in [0.25, 0.3) is 0 Å². The SMILES string of the molecule is CCNC1CCC(C)(C)CC1CN(C)CCCN(C)C. The van der Waals surface area contributed by atoms with E-state index in [0.29, 0.717) is 5.41 Å². The summed E-state index contributed by atoms with van der Waals surface area (Å²) in [6, 6.07) is 0.726. The summed E-state index contributed by atoms with van der Waals surface area (Å²) in [5.74, 6) is 0.808. The van der Waals surface area contributed by atoms with Crippen molar-refractivity contribution in [2.75, 3.05) is 47.3 Å². The molecule has 1 aliphatic carbocycles. The molecule has 0 bridgehead atoms. The molecule has 0 saturated heterocycles. The van der Waals surface area contributed by atoms with E-state index in [2.05, 4.69) is 57.0 Å². The van der Waals surface area contributed by atoms with Crippen molar-refractivity contribution in [2.45, 2.75) is 52.5 Å². The third-order valence-electron chi connectivity index (χ3n) is 4.67. The van der Waals surface area contributed by atoms with Gasteiger partial charge >= 0.3 is 0 Å². The normalized spacial score (nSPS) is 26.4. The second-order valence-corrected chi connectivity index (χ2v) is 7.75. The Balaban J connectivity index is 2.43. The molecule has 20 heavy (non-hydrogen) atoms. The molecule has 0 aliphatic heterocycles. The van der Waals surface area contributed by atoms with Crippen molar-refractivity contribution in [3.05, 3.63) is 0 Å². The van der Waals surface area contributed by atoms with E-state index in [1.54, 1.807) is 0 Å². The minimum atomic E-state index is 0.529. The first-order valence-corrected chi connectivity index (χ1v) is 8.40.